The minimum Gasteiger partial charge on any atom is -0.497 e. The largest absolute Gasteiger partial charge is 0.497 e. The highest BCUT2D eigenvalue weighted by Crippen LogP contribution is 2.29. The summed E-state index contributed by atoms with van der Waals surface area (Å²) >= 11 is 0. The predicted octanol–water partition coefficient (Wildman–Crippen LogP) is 3.18. The van der Waals surface area contributed by atoms with Gasteiger partial charge in [0, 0.05) is 17.8 Å². The molecule has 0 spiro atoms. The molecule has 0 aliphatic heterocycles. The van der Waals surface area contributed by atoms with Gasteiger partial charge in [-0.2, -0.15) is 4.98 Å². The van der Waals surface area contributed by atoms with Crippen molar-refractivity contribution in [2.45, 2.75) is 13.5 Å². The number of hydrogen-bond acceptors (Lipinski definition) is 8. The molecular formula is C25H22N6O5. The van der Waals surface area contributed by atoms with Gasteiger partial charge < -0.3 is 19.3 Å². The standard InChI is InChI=1S/C25H22N6O5/c1-15-6-8-16(9-7-15)22-27-24(36-29-22)18-5-4-12-30-23(18)28-31(25(30)33)14-21(32)26-19-13-17(34-2)10-11-20(19)35-3/h4-13H,14H2,1-3H3,(H,26,32). The van der Waals surface area contributed by atoms with Gasteiger partial charge in [0.1, 0.15) is 18.0 Å². The number of hydrogen-bond donors (Lipinski definition) is 1. The zero-order valence-corrected chi connectivity index (χ0v) is 19.8. The molecule has 0 aliphatic rings. The van der Waals surface area contributed by atoms with Gasteiger partial charge in [0.25, 0.3) is 5.89 Å². The average molecular weight is 486 g/mol. The molecule has 0 radical (unpaired) electrons. The Kier molecular flexibility index (Phi) is 5.95. The molecule has 0 aliphatic carbocycles. The molecule has 11 nitrogen and oxygen atoms in total. The van der Waals surface area contributed by atoms with Crippen LogP contribution in [0.2, 0.25) is 0 Å². The van der Waals surface area contributed by atoms with Gasteiger partial charge in [-0.1, -0.05) is 35.0 Å². The molecule has 36 heavy (non-hydrogen) atoms. The number of carbonyl (C=O) groups is 1. The number of anilines is 1. The van der Waals surface area contributed by atoms with Crippen LogP contribution < -0.4 is 20.5 Å². The Hall–Kier alpha value is -4.93. The first-order valence-corrected chi connectivity index (χ1v) is 11.0. The number of pyridine rings is 1. The number of carbonyl (C=O) groups excluding carboxylic acids is 1. The van der Waals surface area contributed by atoms with E-state index < -0.39 is 11.6 Å². The number of rotatable bonds is 7. The maximum Gasteiger partial charge on any atom is 0.350 e. The molecule has 0 unspecified atom stereocenters. The Morgan fingerprint density at radius 3 is 2.64 bits per heavy atom. The monoisotopic (exact) mass is 486 g/mol. The minimum absolute atomic E-state index is 0.207. The third-order valence-electron chi connectivity index (χ3n) is 5.55. The highest BCUT2D eigenvalue weighted by Gasteiger charge is 2.19. The van der Waals surface area contributed by atoms with Crippen molar-refractivity contribution >= 4 is 17.2 Å². The topological polar surface area (TPSA) is 126 Å². The van der Waals surface area contributed by atoms with Crippen molar-refractivity contribution in [3.05, 3.63) is 76.8 Å². The van der Waals surface area contributed by atoms with Gasteiger partial charge in [0.2, 0.25) is 11.7 Å². The number of aryl methyl sites for hydroxylation is 1. The number of benzene rings is 2. The first-order valence-electron chi connectivity index (χ1n) is 11.0. The fourth-order valence-corrected chi connectivity index (χ4v) is 3.70. The zero-order valence-electron chi connectivity index (χ0n) is 19.8. The van der Waals surface area contributed by atoms with Crippen LogP contribution in [0.1, 0.15) is 5.56 Å². The molecule has 1 amide bonds. The molecular weight excluding hydrogens is 464 g/mol. The number of amides is 1. The van der Waals surface area contributed by atoms with Gasteiger partial charge >= 0.3 is 5.69 Å². The van der Waals surface area contributed by atoms with E-state index in [0.29, 0.717) is 28.6 Å². The van der Waals surface area contributed by atoms with Crippen molar-refractivity contribution < 1.29 is 18.8 Å². The Labute approximate surface area is 204 Å². The van der Waals surface area contributed by atoms with Gasteiger partial charge in [-0.15, -0.1) is 5.10 Å². The maximum atomic E-state index is 13.0. The van der Waals surface area contributed by atoms with E-state index in [1.807, 2.05) is 31.2 Å². The fraction of sp³-hybridized carbons (Fsp3) is 0.160. The van der Waals surface area contributed by atoms with Crippen LogP contribution in [0.3, 0.4) is 0 Å². The number of nitrogens with one attached hydrogen (secondary N) is 1. The quantitative estimate of drug-likeness (QED) is 0.372. The lowest BCUT2D eigenvalue weighted by atomic mass is 10.1. The second-order valence-electron chi connectivity index (χ2n) is 7.96. The molecule has 0 atom stereocenters. The minimum atomic E-state index is -0.488. The summed E-state index contributed by atoms with van der Waals surface area (Å²) in [5.74, 6) is 1.16. The Morgan fingerprint density at radius 2 is 1.89 bits per heavy atom. The summed E-state index contributed by atoms with van der Waals surface area (Å²) in [4.78, 5) is 30.2. The summed E-state index contributed by atoms with van der Waals surface area (Å²) in [7, 11) is 3.02. The maximum absolute atomic E-state index is 13.0. The lowest BCUT2D eigenvalue weighted by Crippen LogP contribution is -2.28. The van der Waals surface area contributed by atoms with Crippen molar-refractivity contribution in [2.75, 3.05) is 19.5 Å². The zero-order chi connectivity index (χ0) is 25.2. The van der Waals surface area contributed by atoms with Crippen molar-refractivity contribution in [3.8, 4) is 34.3 Å². The lowest BCUT2D eigenvalue weighted by molar-refractivity contribution is -0.117. The first kappa shape index (κ1) is 22.8. The Morgan fingerprint density at radius 1 is 1.08 bits per heavy atom. The summed E-state index contributed by atoms with van der Waals surface area (Å²) in [6.07, 6.45) is 1.56. The Bertz CT molecular complexity index is 1620. The molecule has 5 rings (SSSR count). The third-order valence-corrected chi connectivity index (χ3v) is 5.55. The molecule has 0 bridgehead atoms. The predicted molar refractivity (Wildman–Crippen MR) is 131 cm³/mol. The molecule has 3 heterocycles. The van der Waals surface area contributed by atoms with Gasteiger partial charge in [0.15, 0.2) is 5.65 Å². The summed E-state index contributed by atoms with van der Waals surface area (Å²) in [6.45, 7) is 1.67. The smallest absolute Gasteiger partial charge is 0.350 e. The molecule has 3 aromatic heterocycles. The van der Waals surface area contributed by atoms with Crippen LogP contribution in [-0.4, -0.2) is 44.4 Å². The number of nitrogens with zero attached hydrogens (tertiary/aromatic N) is 5. The van der Waals surface area contributed by atoms with E-state index in [0.717, 1.165) is 15.8 Å². The van der Waals surface area contributed by atoms with Crippen LogP contribution >= 0.6 is 0 Å². The van der Waals surface area contributed by atoms with Gasteiger partial charge in [0.05, 0.1) is 25.5 Å². The lowest BCUT2D eigenvalue weighted by Gasteiger charge is -2.11. The number of methoxy groups -OCH3 is 2. The molecule has 0 saturated heterocycles. The molecule has 11 heteroatoms. The summed E-state index contributed by atoms with van der Waals surface area (Å²) in [5, 5.41) is 11.2. The van der Waals surface area contributed by atoms with E-state index in [1.165, 1.54) is 18.6 Å². The fourth-order valence-electron chi connectivity index (χ4n) is 3.70. The van der Waals surface area contributed by atoms with Crippen molar-refractivity contribution in [1.82, 2.24) is 24.3 Å². The van der Waals surface area contributed by atoms with E-state index in [2.05, 4.69) is 20.6 Å². The van der Waals surface area contributed by atoms with E-state index in [9.17, 15) is 9.59 Å². The second kappa shape index (κ2) is 9.37. The highest BCUT2D eigenvalue weighted by molar-refractivity contribution is 5.92. The van der Waals surface area contributed by atoms with E-state index in [1.54, 1.807) is 36.5 Å². The number of aromatic nitrogens is 5. The van der Waals surface area contributed by atoms with Crippen LogP contribution in [0.5, 0.6) is 11.5 Å². The highest BCUT2D eigenvalue weighted by atomic mass is 16.5. The third kappa shape index (κ3) is 4.29. The molecule has 5 aromatic rings. The van der Waals surface area contributed by atoms with E-state index >= 15 is 0 Å². The molecule has 1 N–H and O–H groups in total. The average Bonchev–Trinajstić information content (AvgIpc) is 3.49. The summed E-state index contributed by atoms with van der Waals surface area (Å²) in [6, 6.07) is 16.1. The van der Waals surface area contributed by atoms with Gasteiger partial charge in [-0.3, -0.25) is 4.79 Å². The summed E-state index contributed by atoms with van der Waals surface area (Å²) in [5.41, 5.74) is 2.59. The molecule has 182 valence electrons. The van der Waals surface area contributed by atoms with Crippen LogP contribution in [-0.2, 0) is 11.3 Å². The van der Waals surface area contributed by atoms with Crippen molar-refractivity contribution in [3.63, 3.8) is 0 Å². The first-order chi connectivity index (χ1) is 17.5. The van der Waals surface area contributed by atoms with Crippen LogP contribution in [0, 0.1) is 6.92 Å². The van der Waals surface area contributed by atoms with Crippen LogP contribution in [0.4, 0.5) is 5.69 Å². The molecule has 2 aromatic carbocycles. The van der Waals surface area contributed by atoms with Gasteiger partial charge in [-0.05, 0) is 31.2 Å². The van der Waals surface area contributed by atoms with Crippen molar-refractivity contribution in [2.24, 2.45) is 0 Å². The summed E-state index contributed by atoms with van der Waals surface area (Å²) < 4.78 is 18.4. The van der Waals surface area contributed by atoms with E-state index in [4.69, 9.17) is 14.0 Å². The van der Waals surface area contributed by atoms with E-state index in [-0.39, 0.29) is 18.1 Å². The second-order valence-corrected chi connectivity index (χ2v) is 7.96. The van der Waals surface area contributed by atoms with Crippen LogP contribution in [0.25, 0.3) is 28.5 Å². The van der Waals surface area contributed by atoms with Crippen molar-refractivity contribution in [1.29, 1.82) is 0 Å². The molecule has 0 saturated carbocycles. The Balaban J connectivity index is 1.43. The molecule has 0 fully saturated rings. The normalized spacial score (nSPS) is 11.0. The van der Waals surface area contributed by atoms with Gasteiger partial charge in [-0.25, -0.2) is 13.9 Å². The van der Waals surface area contributed by atoms with Crippen LogP contribution in [0.15, 0.2) is 70.1 Å². The number of fused-ring (bicyclic) bond motifs is 1. The number of ether oxygens (including phenoxy) is 2. The SMILES string of the molecule is COc1ccc(OC)c(NC(=O)Cn2nc3c(-c4nc(-c5ccc(C)cc5)no4)cccn3c2=O)c1.